The molecule has 1 unspecified atom stereocenters. The van der Waals surface area contributed by atoms with Crippen molar-refractivity contribution in [3.05, 3.63) is 0 Å². The largest absolute Gasteiger partial charge is 0.343 e. The number of amidine groups is 1. The summed E-state index contributed by atoms with van der Waals surface area (Å²) in [5.74, 6) is 1.28. The molecular weight excluding hydrogens is 140 g/mol. The molecule has 1 rings (SSSR count). The lowest BCUT2D eigenvalue weighted by atomic mass is 10.3. The third-order valence-electron chi connectivity index (χ3n) is 2.48. The Morgan fingerprint density at radius 2 is 2.27 bits per heavy atom. The molecule has 11 heavy (non-hydrogen) atoms. The van der Waals surface area contributed by atoms with E-state index in [0.717, 1.165) is 13.0 Å². The molecule has 0 aromatic heterocycles. The molecule has 3 nitrogen and oxygen atoms in total. The first-order valence-electron chi connectivity index (χ1n) is 3.97. The highest BCUT2D eigenvalue weighted by atomic mass is 16.5. The molecular formula is C8H17N2O+. The summed E-state index contributed by atoms with van der Waals surface area (Å²) in [7, 11) is 5.94. The van der Waals surface area contributed by atoms with E-state index < -0.39 is 0 Å². The zero-order valence-electron chi connectivity index (χ0n) is 7.79. The molecule has 0 bridgehead atoms. The van der Waals surface area contributed by atoms with Crippen molar-refractivity contribution >= 4 is 5.84 Å². The van der Waals surface area contributed by atoms with Crippen LogP contribution >= 0.6 is 0 Å². The molecule has 0 aliphatic carbocycles. The molecule has 1 atom stereocenters. The number of methoxy groups -OCH3 is 1. The van der Waals surface area contributed by atoms with E-state index in [2.05, 4.69) is 30.5 Å². The average Bonchev–Trinajstić information content (AvgIpc) is 2.01. The summed E-state index contributed by atoms with van der Waals surface area (Å²) in [5, 5.41) is 0. The average molecular weight is 157 g/mol. The van der Waals surface area contributed by atoms with E-state index in [-0.39, 0.29) is 6.23 Å². The molecule has 0 fully saturated rings. The van der Waals surface area contributed by atoms with Crippen molar-refractivity contribution in [3.63, 3.8) is 0 Å². The van der Waals surface area contributed by atoms with Gasteiger partial charge < -0.3 is 4.74 Å². The summed E-state index contributed by atoms with van der Waals surface area (Å²) in [6.45, 7) is 3.21. The van der Waals surface area contributed by atoms with Gasteiger partial charge in [0.1, 0.15) is 0 Å². The maximum absolute atomic E-state index is 5.30. The van der Waals surface area contributed by atoms with Crippen molar-refractivity contribution in [3.8, 4) is 0 Å². The lowest BCUT2D eigenvalue weighted by Gasteiger charge is -2.25. The molecule has 1 aliphatic rings. The normalized spacial score (nSPS) is 26.2. The van der Waals surface area contributed by atoms with Gasteiger partial charge in [-0.15, -0.1) is 0 Å². The predicted octanol–water partition coefficient (Wildman–Crippen LogP) is 0.355. The molecule has 0 N–H and O–H groups in total. The fraction of sp³-hybridized carbons (Fsp3) is 0.875. The quantitative estimate of drug-likeness (QED) is 0.510. The lowest BCUT2D eigenvalue weighted by Crippen LogP contribution is -2.44. The summed E-state index contributed by atoms with van der Waals surface area (Å²) in [6.07, 6.45) is 1.35. The van der Waals surface area contributed by atoms with Crippen LogP contribution in [0.5, 0.6) is 0 Å². The Morgan fingerprint density at radius 1 is 1.64 bits per heavy atom. The zero-order valence-corrected chi connectivity index (χ0v) is 7.79. The highest BCUT2D eigenvalue weighted by molar-refractivity contribution is 5.74. The number of hydrogen-bond donors (Lipinski definition) is 0. The molecule has 64 valence electrons. The van der Waals surface area contributed by atoms with Crippen LogP contribution in [0.3, 0.4) is 0 Å². The SMILES string of the molecule is COC1CCN(C)C(C)=[N+]1C. The predicted molar refractivity (Wildman–Crippen MR) is 44.9 cm³/mol. The smallest absolute Gasteiger partial charge is 0.245 e. The summed E-state index contributed by atoms with van der Waals surface area (Å²) in [6, 6.07) is 0. The second-order valence-corrected chi connectivity index (χ2v) is 3.06. The van der Waals surface area contributed by atoms with Gasteiger partial charge in [-0.2, -0.15) is 0 Å². The molecule has 0 aromatic carbocycles. The van der Waals surface area contributed by atoms with E-state index in [0.29, 0.717) is 0 Å². The summed E-state index contributed by atoms with van der Waals surface area (Å²) in [5.41, 5.74) is 0. The van der Waals surface area contributed by atoms with Crippen molar-refractivity contribution < 1.29 is 9.31 Å². The Labute approximate surface area is 68.3 Å². The number of hydrogen-bond acceptors (Lipinski definition) is 2. The third-order valence-corrected chi connectivity index (χ3v) is 2.48. The van der Waals surface area contributed by atoms with E-state index >= 15 is 0 Å². The van der Waals surface area contributed by atoms with Gasteiger partial charge in [-0.1, -0.05) is 0 Å². The summed E-state index contributed by atoms with van der Waals surface area (Å²) in [4.78, 5) is 2.25. The number of ether oxygens (including phenoxy) is 1. The van der Waals surface area contributed by atoms with Crippen LogP contribution in [0.15, 0.2) is 0 Å². The summed E-state index contributed by atoms with van der Waals surface area (Å²) >= 11 is 0. The number of nitrogens with zero attached hydrogens (tertiary/aromatic N) is 2. The van der Waals surface area contributed by atoms with Crippen molar-refractivity contribution in [2.75, 3.05) is 27.7 Å². The Kier molecular flexibility index (Phi) is 2.49. The zero-order chi connectivity index (χ0) is 8.43. The fourth-order valence-corrected chi connectivity index (χ4v) is 1.41. The van der Waals surface area contributed by atoms with Crippen LogP contribution in [0, 0.1) is 0 Å². The Morgan fingerprint density at radius 3 is 2.82 bits per heavy atom. The van der Waals surface area contributed by atoms with Gasteiger partial charge in [0.2, 0.25) is 5.84 Å². The molecule has 1 heterocycles. The Hall–Kier alpha value is -0.570. The second-order valence-electron chi connectivity index (χ2n) is 3.06. The van der Waals surface area contributed by atoms with Crippen LogP contribution in [0.2, 0.25) is 0 Å². The second kappa shape index (κ2) is 3.22. The van der Waals surface area contributed by atoms with Crippen LogP contribution in [0.25, 0.3) is 0 Å². The van der Waals surface area contributed by atoms with Gasteiger partial charge in [0.15, 0.2) is 6.23 Å². The van der Waals surface area contributed by atoms with Crippen LogP contribution in [0.4, 0.5) is 0 Å². The van der Waals surface area contributed by atoms with E-state index in [4.69, 9.17) is 4.74 Å². The molecule has 0 aromatic rings. The van der Waals surface area contributed by atoms with E-state index in [9.17, 15) is 0 Å². The minimum absolute atomic E-state index is 0.270. The molecule has 0 saturated heterocycles. The van der Waals surface area contributed by atoms with Crippen molar-refractivity contribution in [1.29, 1.82) is 0 Å². The monoisotopic (exact) mass is 157 g/mol. The minimum atomic E-state index is 0.270. The maximum atomic E-state index is 5.30. The third kappa shape index (κ3) is 1.53. The standard InChI is InChI=1S/C8H17N2O/c1-7-9(2)6-5-8(11-4)10(7)3/h8H,5-6H2,1-4H3/q+1. The maximum Gasteiger partial charge on any atom is 0.245 e. The topological polar surface area (TPSA) is 15.5 Å². The minimum Gasteiger partial charge on any atom is -0.343 e. The first-order valence-corrected chi connectivity index (χ1v) is 3.97. The van der Waals surface area contributed by atoms with Crippen molar-refractivity contribution in [1.82, 2.24) is 4.90 Å². The molecule has 3 heteroatoms. The van der Waals surface area contributed by atoms with E-state index in [1.165, 1.54) is 5.84 Å². The van der Waals surface area contributed by atoms with Gasteiger partial charge in [0, 0.05) is 14.0 Å². The van der Waals surface area contributed by atoms with E-state index in [1.807, 2.05) is 0 Å². The Balaban J connectivity index is 2.78. The highest BCUT2D eigenvalue weighted by Gasteiger charge is 2.25. The van der Waals surface area contributed by atoms with Crippen molar-refractivity contribution in [2.45, 2.75) is 19.6 Å². The Bertz CT molecular complexity index is 177. The lowest BCUT2D eigenvalue weighted by molar-refractivity contribution is -0.597. The first kappa shape index (κ1) is 8.53. The highest BCUT2D eigenvalue weighted by Crippen LogP contribution is 2.06. The molecule has 0 radical (unpaired) electrons. The van der Waals surface area contributed by atoms with Crippen LogP contribution in [-0.4, -0.2) is 49.3 Å². The van der Waals surface area contributed by atoms with Gasteiger partial charge in [-0.25, -0.2) is 4.58 Å². The van der Waals surface area contributed by atoms with Crippen molar-refractivity contribution in [2.24, 2.45) is 0 Å². The fourth-order valence-electron chi connectivity index (χ4n) is 1.41. The van der Waals surface area contributed by atoms with Gasteiger partial charge in [0.25, 0.3) is 0 Å². The van der Waals surface area contributed by atoms with E-state index in [1.54, 1.807) is 7.11 Å². The van der Waals surface area contributed by atoms with Crippen LogP contribution in [0.1, 0.15) is 13.3 Å². The van der Waals surface area contributed by atoms with Gasteiger partial charge in [0.05, 0.1) is 27.1 Å². The van der Waals surface area contributed by atoms with Gasteiger partial charge in [-0.3, -0.25) is 4.90 Å². The molecule has 0 saturated carbocycles. The van der Waals surface area contributed by atoms with Crippen LogP contribution < -0.4 is 0 Å². The molecule has 0 spiro atoms. The first-order chi connectivity index (χ1) is 5.16. The number of rotatable bonds is 1. The van der Waals surface area contributed by atoms with Gasteiger partial charge in [-0.05, 0) is 0 Å². The summed E-state index contributed by atoms with van der Waals surface area (Å²) < 4.78 is 7.47. The molecule has 1 aliphatic heterocycles. The van der Waals surface area contributed by atoms with Crippen LogP contribution in [-0.2, 0) is 4.74 Å². The molecule has 0 amide bonds. The van der Waals surface area contributed by atoms with Gasteiger partial charge >= 0.3 is 0 Å².